The van der Waals surface area contributed by atoms with Crippen LogP contribution in [-0.2, 0) is 19.8 Å². The summed E-state index contributed by atoms with van der Waals surface area (Å²) in [4.78, 5) is 6.62. The Hall–Kier alpha value is -1.54. The van der Waals surface area contributed by atoms with Gasteiger partial charge in [-0.2, -0.15) is 4.68 Å². The van der Waals surface area contributed by atoms with E-state index >= 15 is 0 Å². The quantitative estimate of drug-likeness (QED) is 0.668. The van der Waals surface area contributed by atoms with Crippen molar-refractivity contribution in [3.05, 3.63) is 50.6 Å². The van der Waals surface area contributed by atoms with E-state index in [0.29, 0.717) is 6.67 Å². The zero-order valence-electron chi connectivity index (χ0n) is 13.6. The summed E-state index contributed by atoms with van der Waals surface area (Å²) in [6, 6.07) is 7.92. The number of rotatable bonds is 6. The molecule has 0 spiro atoms. The van der Waals surface area contributed by atoms with Crippen LogP contribution in [0.3, 0.4) is 0 Å². The van der Waals surface area contributed by atoms with Gasteiger partial charge in [0.05, 0.1) is 16.3 Å². The second-order valence-electron chi connectivity index (χ2n) is 5.58. The second kappa shape index (κ2) is 7.57. The molecule has 0 aromatic carbocycles. The number of thiophene rings is 1. The highest BCUT2D eigenvalue weighted by Gasteiger charge is 2.14. The van der Waals surface area contributed by atoms with E-state index in [0.717, 1.165) is 33.6 Å². The van der Waals surface area contributed by atoms with Crippen LogP contribution in [0.1, 0.15) is 11.8 Å². The van der Waals surface area contributed by atoms with E-state index in [4.69, 9.17) is 28.9 Å². The molecule has 0 saturated heterocycles. The van der Waals surface area contributed by atoms with E-state index in [1.54, 1.807) is 23.7 Å². The van der Waals surface area contributed by atoms with Crippen molar-refractivity contribution in [2.24, 2.45) is 0 Å². The van der Waals surface area contributed by atoms with Gasteiger partial charge in [0.15, 0.2) is 12.5 Å². The van der Waals surface area contributed by atoms with Gasteiger partial charge in [-0.15, -0.1) is 16.4 Å². The van der Waals surface area contributed by atoms with E-state index in [1.807, 2.05) is 22.9 Å². The fourth-order valence-corrected chi connectivity index (χ4v) is 4.12. The molecular formula is C16H19ClN5S2+. The van der Waals surface area contributed by atoms with Crippen LogP contribution in [-0.4, -0.2) is 26.4 Å². The summed E-state index contributed by atoms with van der Waals surface area (Å²) in [6.45, 7) is 4.47. The first-order chi connectivity index (χ1) is 11.6. The number of halogens is 1. The number of quaternary nitrogens is 1. The molecule has 0 aliphatic rings. The van der Waals surface area contributed by atoms with Crippen LogP contribution in [0.25, 0.3) is 11.4 Å². The van der Waals surface area contributed by atoms with Crippen molar-refractivity contribution >= 4 is 35.2 Å². The molecule has 0 amide bonds. The third-order valence-electron chi connectivity index (χ3n) is 3.70. The number of hydrogen-bond donors (Lipinski definition) is 1. The molecule has 0 aliphatic carbocycles. The molecular weight excluding hydrogens is 362 g/mol. The summed E-state index contributed by atoms with van der Waals surface area (Å²) in [6.07, 6.45) is 3.55. The van der Waals surface area contributed by atoms with E-state index < -0.39 is 0 Å². The Morgan fingerprint density at radius 2 is 2.00 bits per heavy atom. The molecule has 1 N–H and O–H groups in total. The van der Waals surface area contributed by atoms with Gasteiger partial charge in [-0.3, -0.25) is 4.98 Å². The summed E-state index contributed by atoms with van der Waals surface area (Å²) >= 11 is 13.2. The lowest BCUT2D eigenvalue weighted by Crippen LogP contribution is -3.06. The Kier molecular flexibility index (Phi) is 5.45. The van der Waals surface area contributed by atoms with Crippen LogP contribution in [0.15, 0.2) is 36.7 Å². The average molecular weight is 381 g/mol. The Balaban J connectivity index is 1.83. The predicted molar refractivity (Wildman–Crippen MR) is 99.9 cm³/mol. The minimum atomic E-state index is 0.708. The first-order valence-corrected chi connectivity index (χ1v) is 9.32. The van der Waals surface area contributed by atoms with Crippen molar-refractivity contribution in [1.82, 2.24) is 19.3 Å². The molecule has 3 heterocycles. The average Bonchev–Trinajstić information content (AvgIpc) is 3.12. The van der Waals surface area contributed by atoms with Crippen molar-refractivity contribution < 1.29 is 4.90 Å². The van der Waals surface area contributed by atoms with Gasteiger partial charge in [0.25, 0.3) is 0 Å². The van der Waals surface area contributed by atoms with E-state index in [9.17, 15) is 0 Å². The summed E-state index contributed by atoms with van der Waals surface area (Å²) < 4.78 is 5.52. The largest absolute Gasteiger partial charge is 0.314 e. The van der Waals surface area contributed by atoms with Crippen LogP contribution in [0, 0.1) is 4.77 Å². The lowest BCUT2D eigenvalue weighted by molar-refractivity contribution is -0.917. The standard InChI is InChI=1S/C16H18ClN5S2/c1-3-21-15(12-6-8-18-9-7-12)19-22(16(21)23)11-20(2)10-13-4-5-14(17)24-13/h4-9H,3,10-11H2,1-2H3/p+1. The smallest absolute Gasteiger partial charge is 0.203 e. The normalized spacial score (nSPS) is 12.5. The molecule has 3 aromatic heterocycles. The number of nitrogens with zero attached hydrogens (tertiary/aromatic N) is 4. The summed E-state index contributed by atoms with van der Waals surface area (Å²) in [5.41, 5.74) is 1.03. The Bertz CT molecular complexity index is 868. The molecule has 0 aliphatic heterocycles. The van der Waals surface area contributed by atoms with Gasteiger partial charge in [-0.25, -0.2) is 0 Å². The molecule has 1 unspecified atom stereocenters. The van der Waals surface area contributed by atoms with Gasteiger partial charge in [0.2, 0.25) is 4.77 Å². The van der Waals surface area contributed by atoms with Gasteiger partial charge in [-0.05, 0) is 43.4 Å². The lowest BCUT2D eigenvalue weighted by atomic mass is 10.2. The molecule has 24 heavy (non-hydrogen) atoms. The number of nitrogens with one attached hydrogen (secondary N) is 1. The summed E-state index contributed by atoms with van der Waals surface area (Å²) in [7, 11) is 2.13. The fourth-order valence-electron chi connectivity index (χ4n) is 2.60. The zero-order chi connectivity index (χ0) is 17.1. The monoisotopic (exact) mass is 380 g/mol. The molecule has 0 saturated carbocycles. The Morgan fingerprint density at radius 1 is 1.25 bits per heavy atom. The van der Waals surface area contributed by atoms with Crippen LogP contribution in [0.4, 0.5) is 0 Å². The molecule has 1 atom stereocenters. The Labute approximate surface area is 155 Å². The van der Waals surface area contributed by atoms with E-state index in [2.05, 4.69) is 29.6 Å². The van der Waals surface area contributed by atoms with Crippen molar-refractivity contribution in [3.8, 4) is 11.4 Å². The molecule has 0 fully saturated rings. The van der Waals surface area contributed by atoms with Crippen molar-refractivity contribution in [2.45, 2.75) is 26.7 Å². The summed E-state index contributed by atoms with van der Waals surface area (Å²) in [5, 5.41) is 4.74. The molecule has 5 nitrogen and oxygen atoms in total. The molecule has 0 radical (unpaired) electrons. The Morgan fingerprint density at radius 3 is 2.62 bits per heavy atom. The highest BCUT2D eigenvalue weighted by Crippen LogP contribution is 2.20. The second-order valence-corrected chi connectivity index (χ2v) is 7.75. The lowest BCUT2D eigenvalue weighted by Gasteiger charge is -2.12. The van der Waals surface area contributed by atoms with Gasteiger partial charge < -0.3 is 9.47 Å². The first-order valence-electron chi connectivity index (χ1n) is 7.72. The van der Waals surface area contributed by atoms with Gasteiger partial charge in [-0.1, -0.05) is 11.6 Å². The maximum absolute atomic E-state index is 6.01. The maximum Gasteiger partial charge on any atom is 0.203 e. The van der Waals surface area contributed by atoms with Gasteiger partial charge in [0.1, 0.15) is 6.54 Å². The number of aromatic nitrogens is 4. The zero-order valence-corrected chi connectivity index (χ0v) is 16.0. The van der Waals surface area contributed by atoms with Crippen LogP contribution in [0.5, 0.6) is 0 Å². The SMILES string of the molecule is CCn1c(-c2ccncc2)nn(C[NH+](C)Cc2ccc(Cl)s2)c1=S. The first kappa shape index (κ1) is 17.3. The molecule has 126 valence electrons. The molecule has 3 aromatic rings. The predicted octanol–water partition coefficient (Wildman–Crippen LogP) is 2.88. The van der Waals surface area contributed by atoms with E-state index in [1.165, 1.54) is 9.78 Å². The highest BCUT2D eigenvalue weighted by atomic mass is 35.5. The molecule has 3 rings (SSSR count). The topological polar surface area (TPSA) is 40.1 Å². The molecule has 8 heteroatoms. The van der Waals surface area contributed by atoms with Gasteiger partial charge >= 0.3 is 0 Å². The minimum Gasteiger partial charge on any atom is -0.314 e. The van der Waals surface area contributed by atoms with Gasteiger partial charge in [0, 0.05) is 24.5 Å². The summed E-state index contributed by atoms with van der Waals surface area (Å²) in [5.74, 6) is 0.886. The van der Waals surface area contributed by atoms with Crippen LogP contribution < -0.4 is 4.90 Å². The third-order valence-corrected chi connectivity index (χ3v) is 5.36. The number of pyridine rings is 1. The van der Waals surface area contributed by atoms with Crippen LogP contribution in [0.2, 0.25) is 4.34 Å². The number of hydrogen-bond acceptors (Lipinski definition) is 4. The molecule has 0 bridgehead atoms. The highest BCUT2D eigenvalue weighted by molar-refractivity contribution is 7.71. The van der Waals surface area contributed by atoms with Crippen molar-refractivity contribution in [3.63, 3.8) is 0 Å². The van der Waals surface area contributed by atoms with Crippen molar-refractivity contribution in [1.29, 1.82) is 0 Å². The minimum absolute atomic E-state index is 0.708. The fraction of sp³-hybridized carbons (Fsp3) is 0.312. The van der Waals surface area contributed by atoms with Crippen LogP contribution >= 0.6 is 35.2 Å². The third kappa shape index (κ3) is 3.75. The van der Waals surface area contributed by atoms with Crippen molar-refractivity contribution in [2.75, 3.05) is 7.05 Å². The van der Waals surface area contributed by atoms with E-state index in [-0.39, 0.29) is 0 Å². The maximum atomic E-state index is 6.01.